The number of aryl methyl sites for hydroxylation is 1. The molecule has 0 saturated heterocycles. The minimum Gasteiger partial charge on any atom is -0.482 e. The highest BCUT2D eigenvalue weighted by Crippen LogP contribution is 2.30. The molecule has 0 unspecified atom stereocenters. The minimum absolute atomic E-state index is 0.0170. The molecule has 2 aromatic rings. The molecule has 0 aromatic heterocycles. The van der Waals surface area contributed by atoms with Gasteiger partial charge in [0, 0.05) is 18.2 Å². The quantitative estimate of drug-likeness (QED) is 0.716. The monoisotopic (exact) mass is 353 g/mol. The first-order chi connectivity index (χ1) is 12.6. The van der Waals surface area contributed by atoms with E-state index < -0.39 is 5.97 Å². The van der Waals surface area contributed by atoms with Crippen LogP contribution in [-0.2, 0) is 16.1 Å². The molecule has 0 heterocycles. The van der Waals surface area contributed by atoms with Crippen molar-refractivity contribution in [3.05, 3.63) is 65.2 Å². The third kappa shape index (κ3) is 4.63. The maximum Gasteiger partial charge on any atom is 0.343 e. The van der Waals surface area contributed by atoms with Crippen LogP contribution in [-0.4, -0.2) is 36.5 Å². The number of hydrogen-bond donors (Lipinski definition) is 0. The summed E-state index contributed by atoms with van der Waals surface area (Å²) in [6.45, 7) is 2.47. The summed E-state index contributed by atoms with van der Waals surface area (Å²) in [5, 5.41) is 0. The van der Waals surface area contributed by atoms with Crippen molar-refractivity contribution < 1.29 is 19.1 Å². The molecule has 3 rings (SSSR count). The van der Waals surface area contributed by atoms with Gasteiger partial charge in [-0.3, -0.25) is 4.79 Å². The summed E-state index contributed by atoms with van der Waals surface area (Å²) in [4.78, 5) is 26.2. The molecule has 0 aliphatic heterocycles. The molecule has 2 aromatic carbocycles. The lowest BCUT2D eigenvalue weighted by Gasteiger charge is -2.23. The van der Waals surface area contributed by atoms with Gasteiger partial charge >= 0.3 is 5.97 Å². The fourth-order valence-corrected chi connectivity index (χ4v) is 2.73. The van der Waals surface area contributed by atoms with Crippen molar-refractivity contribution in [1.29, 1.82) is 0 Å². The van der Waals surface area contributed by atoms with Crippen molar-refractivity contribution in [3.8, 4) is 5.75 Å². The van der Waals surface area contributed by atoms with Gasteiger partial charge in [0.05, 0.1) is 7.11 Å². The number of methoxy groups -OCH3 is 1. The van der Waals surface area contributed by atoms with Crippen molar-refractivity contribution >= 4 is 11.9 Å². The first kappa shape index (κ1) is 18.0. The normalized spacial score (nSPS) is 13.2. The highest BCUT2D eigenvalue weighted by atomic mass is 16.6. The highest BCUT2D eigenvalue weighted by molar-refractivity contribution is 5.95. The molecule has 1 amide bonds. The van der Waals surface area contributed by atoms with E-state index >= 15 is 0 Å². The molecule has 0 radical (unpaired) electrons. The van der Waals surface area contributed by atoms with Crippen LogP contribution in [0.4, 0.5) is 0 Å². The number of benzene rings is 2. The summed E-state index contributed by atoms with van der Waals surface area (Å²) >= 11 is 0. The Hall–Kier alpha value is -2.82. The van der Waals surface area contributed by atoms with Crippen molar-refractivity contribution in [2.45, 2.75) is 32.4 Å². The zero-order chi connectivity index (χ0) is 18.5. The molecule has 26 heavy (non-hydrogen) atoms. The van der Waals surface area contributed by atoms with Gasteiger partial charge in [0.25, 0.3) is 5.91 Å². The summed E-state index contributed by atoms with van der Waals surface area (Å²) in [6.07, 6.45) is 2.08. The smallest absolute Gasteiger partial charge is 0.343 e. The van der Waals surface area contributed by atoms with E-state index in [1.165, 1.54) is 12.7 Å². The average Bonchev–Trinajstić information content (AvgIpc) is 3.50. The van der Waals surface area contributed by atoms with E-state index in [1.807, 2.05) is 11.8 Å². The van der Waals surface area contributed by atoms with Crippen LogP contribution < -0.4 is 4.74 Å². The predicted octanol–water partition coefficient (Wildman–Crippen LogP) is 3.35. The second-order valence-electron chi connectivity index (χ2n) is 6.54. The van der Waals surface area contributed by atoms with Gasteiger partial charge in [0.15, 0.2) is 6.61 Å². The van der Waals surface area contributed by atoms with E-state index in [1.54, 1.807) is 24.3 Å². The maximum atomic E-state index is 13.0. The summed E-state index contributed by atoms with van der Waals surface area (Å²) in [7, 11) is 1.31. The second kappa shape index (κ2) is 8.04. The number of amides is 1. The van der Waals surface area contributed by atoms with Crippen molar-refractivity contribution in [3.63, 3.8) is 0 Å². The van der Waals surface area contributed by atoms with Gasteiger partial charge in [-0.15, -0.1) is 0 Å². The highest BCUT2D eigenvalue weighted by Gasteiger charge is 2.33. The average molecular weight is 353 g/mol. The molecule has 136 valence electrons. The van der Waals surface area contributed by atoms with Crippen LogP contribution in [0, 0.1) is 6.92 Å². The molecular weight excluding hydrogens is 330 g/mol. The molecule has 0 atom stereocenters. The second-order valence-corrected chi connectivity index (χ2v) is 6.54. The van der Waals surface area contributed by atoms with Crippen LogP contribution in [0.3, 0.4) is 0 Å². The fraction of sp³-hybridized carbons (Fsp3) is 0.333. The number of rotatable bonds is 7. The van der Waals surface area contributed by atoms with E-state index in [4.69, 9.17) is 4.74 Å². The molecule has 5 heteroatoms. The van der Waals surface area contributed by atoms with Gasteiger partial charge in [0.2, 0.25) is 0 Å². The van der Waals surface area contributed by atoms with E-state index in [2.05, 4.69) is 29.0 Å². The summed E-state index contributed by atoms with van der Waals surface area (Å²) in [5.74, 6) is 0.00429. The number of hydrogen-bond acceptors (Lipinski definition) is 4. The third-order valence-electron chi connectivity index (χ3n) is 4.39. The number of carbonyl (C=O) groups is 2. The molecule has 1 saturated carbocycles. The van der Waals surface area contributed by atoms with Crippen molar-refractivity contribution in [2.24, 2.45) is 0 Å². The Bertz CT molecular complexity index is 781. The Morgan fingerprint density at radius 2 is 1.85 bits per heavy atom. The lowest BCUT2D eigenvalue weighted by atomic mass is 10.1. The predicted molar refractivity (Wildman–Crippen MR) is 98.0 cm³/mol. The van der Waals surface area contributed by atoms with Crippen LogP contribution in [0.1, 0.15) is 34.3 Å². The molecule has 0 bridgehead atoms. The number of ether oxygens (including phenoxy) is 2. The van der Waals surface area contributed by atoms with E-state index in [0.29, 0.717) is 23.9 Å². The molecular formula is C21H23NO4. The van der Waals surface area contributed by atoms with Crippen LogP contribution in [0.5, 0.6) is 5.75 Å². The zero-order valence-corrected chi connectivity index (χ0v) is 15.1. The van der Waals surface area contributed by atoms with Crippen LogP contribution >= 0.6 is 0 Å². The Labute approximate surface area is 153 Å². The van der Waals surface area contributed by atoms with Crippen molar-refractivity contribution in [1.82, 2.24) is 4.90 Å². The molecule has 5 nitrogen and oxygen atoms in total. The van der Waals surface area contributed by atoms with Gasteiger partial charge in [-0.05, 0) is 43.5 Å². The number of carbonyl (C=O) groups excluding carboxylic acids is 2. The first-order valence-electron chi connectivity index (χ1n) is 8.73. The Balaban J connectivity index is 1.72. The van der Waals surface area contributed by atoms with Crippen molar-refractivity contribution in [2.75, 3.05) is 13.7 Å². The van der Waals surface area contributed by atoms with E-state index in [-0.39, 0.29) is 12.5 Å². The fourth-order valence-electron chi connectivity index (χ4n) is 2.73. The minimum atomic E-state index is -0.458. The topological polar surface area (TPSA) is 55.8 Å². The summed E-state index contributed by atoms with van der Waals surface area (Å²) < 4.78 is 9.95. The molecule has 1 fully saturated rings. The largest absolute Gasteiger partial charge is 0.482 e. The standard InChI is InChI=1S/C21H23NO4/c1-15-6-8-16(9-7-15)13-22(18-10-11-18)21(24)17-4-3-5-19(12-17)26-14-20(23)25-2/h3-9,12,18H,10-11,13-14H2,1-2H3. The SMILES string of the molecule is COC(=O)COc1cccc(C(=O)N(Cc2ccc(C)cc2)C2CC2)c1. The molecule has 0 N–H and O–H groups in total. The van der Waals surface area contributed by atoms with Gasteiger partial charge < -0.3 is 14.4 Å². The van der Waals surface area contributed by atoms with Crippen LogP contribution in [0.25, 0.3) is 0 Å². The summed E-state index contributed by atoms with van der Waals surface area (Å²) in [5.41, 5.74) is 2.88. The third-order valence-corrected chi connectivity index (χ3v) is 4.39. The van der Waals surface area contributed by atoms with Crippen LogP contribution in [0.2, 0.25) is 0 Å². The van der Waals surface area contributed by atoms with Gasteiger partial charge in [-0.2, -0.15) is 0 Å². The lowest BCUT2D eigenvalue weighted by Crippen LogP contribution is -2.32. The van der Waals surface area contributed by atoms with Gasteiger partial charge in [0.1, 0.15) is 5.75 Å². The van der Waals surface area contributed by atoms with Gasteiger partial charge in [-0.25, -0.2) is 4.79 Å². The molecule has 1 aliphatic carbocycles. The first-order valence-corrected chi connectivity index (χ1v) is 8.73. The van der Waals surface area contributed by atoms with Gasteiger partial charge in [-0.1, -0.05) is 35.9 Å². The zero-order valence-electron chi connectivity index (χ0n) is 15.1. The molecule has 0 spiro atoms. The number of nitrogens with zero attached hydrogens (tertiary/aromatic N) is 1. The Morgan fingerprint density at radius 3 is 2.50 bits per heavy atom. The number of esters is 1. The maximum absolute atomic E-state index is 13.0. The van der Waals surface area contributed by atoms with Crippen LogP contribution in [0.15, 0.2) is 48.5 Å². The lowest BCUT2D eigenvalue weighted by molar-refractivity contribution is -0.142. The Kier molecular flexibility index (Phi) is 5.56. The van der Waals surface area contributed by atoms with E-state index in [9.17, 15) is 9.59 Å². The van der Waals surface area contributed by atoms with E-state index in [0.717, 1.165) is 18.4 Å². The summed E-state index contributed by atoms with van der Waals surface area (Å²) in [6, 6.07) is 15.5. The molecule has 1 aliphatic rings. The Morgan fingerprint density at radius 1 is 1.12 bits per heavy atom.